The van der Waals surface area contributed by atoms with E-state index in [2.05, 4.69) is 12.1 Å². The van der Waals surface area contributed by atoms with Crippen LogP contribution in [0, 0.1) is 0 Å². The number of nitrogens with zero attached hydrogens (tertiary/aromatic N) is 1. The van der Waals surface area contributed by atoms with E-state index in [-0.39, 0.29) is 24.0 Å². The van der Waals surface area contributed by atoms with Crippen molar-refractivity contribution < 1.29 is 14.3 Å². The zero-order valence-electron chi connectivity index (χ0n) is 15.4. The van der Waals surface area contributed by atoms with Gasteiger partial charge in [0, 0.05) is 6.54 Å². The smallest absolute Gasteiger partial charge is 0.261 e. The maximum absolute atomic E-state index is 12.4. The molecule has 0 saturated carbocycles. The average Bonchev–Trinajstić information content (AvgIpc) is 2.87. The summed E-state index contributed by atoms with van der Waals surface area (Å²) in [4.78, 5) is 26.2. The molecule has 1 heterocycles. The summed E-state index contributed by atoms with van der Waals surface area (Å²) in [5, 5.41) is 0. The molecule has 3 rings (SSSR count). The van der Waals surface area contributed by atoms with Gasteiger partial charge in [0.25, 0.3) is 11.8 Å². The second-order valence-electron chi connectivity index (χ2n) is 6.95. The second-order valence-corrected chi connectivity index (χ2v) is 6.95. The molecular weight excluding hydrogens is 326 g/mol. The number of fused-ring (bicyclic) bond motifs is 1. The molecule has 1 aliphatic rings. The lowest BCUT2D eigenvalue weighted by molar-refractivity contribution is 0.00155. The number of hydrogen-bond donors (Lipinski definition) is 0. The van der Waals surface area contributed by atoms with Crippen molar-refractivity contribution in [2.45, 2.75) is 45.3 Å². The van der Waals surface area contributed by atoms with Gasteiger partial charge in [0.05, 0.1) is 23.3 Å². The Morgan fingerprint density at radius 3 is 2.04 bits per heavy atom. The highest BCUT2D eigenvalue weighted by Gasteiger charge is 2.34. The van der Waals surface area contributed by atoms with Crippen LogP contribution in [0.5, 0.6) is 0 Å². The number of rotatable bonds is 8. The van der Waals surface area contributed by atoms with Crippen molar-refractivity contribution in [1.29, 1.82) is 0 Å². The lowest BCUT2D eigenvalue weighted by Crippen LogP contribution is -2.31. The number of carbonyl (C=O) groups excluding carboxylic acids is 2. The highest BCUT2D eigenvalue weighted by molar-refractivity contribution is 6.21. The molecule has 4 heteroatoms. The van der Waals surface area contributed by atoms with Gasteiger partial charge in [-0.25, -0.2) is 0 Å². The Labute approximate surface area is 154 Å². The Morgan fingerprint density at radius 1 is 0.885 bits per heavy atom. The normalized spacial score (nSPS) is 14.8. The number of imide groups is 1. The van der Waals surface area contributed by atoms with E-state index >= 15 is 0 Å². The van der Waals surface area contributed by atoms with Gasteiger partial charge in [-0.1, -0.05) is 42.5 Å². The predicted molar refractivity (Wildman–Crippen MR) is 101 cm³/mol. The van der Waals surface area contributed by atoms with Crippen LogP contribution < -0.4 is 0 Å². The average molecular weight is 351 g/mol. The third kappa shape index (κ3) is 4.20. The summed E-state index contributed by atoms with van der Waals surface area (Å²) in [6.07, 6.45) is 2.59. The third-order valence-corrected chi connectivity index (χ3v) is 4.56. The molecule has 1 unspecified atom stereocenters. The monoisotopic (exact) mass is 351 g/mol. The molecule has 26 heavy (non-hydrogen) atoms. The van der Waals surface area contributed by atoms with Crippen LogP contribution in [-0.4, -0.2) is 35.5 Å². The standard InChI is InChI=1S/C22H25NO3/c1-16(2)26-18(15-17-9-4-3-5-10-17)11-8-14-23-21(24)19-12-6-7-13-20(19)22(23)25/h3-7,9-10,12-13,16,18H,8,11,14-15H2,1-2H3. The van der Waals surface area contributed by atoms with Crippen molar-refractivity contribution in [3.05, 3.63) is 71.3 Å². The van der Waals surface area contributed by atoms with Gasteiger partial charge in [0.15, 0.2) is 0 Å². The van der Waals surface area contributed by atoms with Crippen molar-refractivity contribution in [2.24, 2.45) is 0 Å². The van der Waals surface area contributed by atoms with Crippen LogP contribution >= 0.6 is 0 Å². The van der Waals surface area contributed by atoms with Crippen LogP contribution in [0.25, 0.3) is 0 Å². The Hall–Kier alpha value is -2.46. The first kappa shape index (κ1) is 18.3. The van der Waals surface area contributed by atoms with Crippen molar-refractivity contribution in [3.63, 3.8) is 0 Å². The van der Waals surface area contributed by atoms with E-state index in [1.807, 2.05) is 32.0 Å². The van der Waals surface area contributed by atoms with Crippen molar-refractivity contribution in [1.82, 2.24) is 4.90 Å². The number of hydrogen-bond acceptors (Lipinski definition) is 3. The SMILES string of the molecule is CC(C)OC(CCCN1C(=O)c2ccccc2C1=O)Cc1ccccc1. The lowest BCUT2D eigenvalue weighted by Gasteiger charge is -2.22. The molecule has 0 fully saturated rings. The summed E-state index contributed by atoms with van der Waals surface area (Å²) in [5.74, 6) is -0.370. The minimum absolute atomic E-state index is 0.0765. The molecule has 0 saturated heterocycles. The molecule has 2 amide bonds. The predicted octanol–water partition coefficient (Wildman–Crippen LogP) is 4.10. The largest absolute Gasteiger partial charge is 0.375 e. The Morgan fingerprint density at radius 2 is 1.46 bits per heavy atom. The fraction of sp³-hybridized carbons (Fsp3) is 0.364. The van der Waals surface area contributed by atoms with E-state index in [1.165, 1.54) is 10.5 Å². The van der Waals surface area contributed by atoms with E-state index in [1.54, 1.807) is 24.3 Å². The number of ether oxygens (including phenoxy) is 1. The van der Waals surface area contributed by atoms with Gasteiger partial charge in [-0.2, -0.15) is 0 Å². The van der Waals surface area contributed by atoms with E-state index < -0.39 is 0 Å². The van der Waals surface area contributed by atoms with Gasteiger partial charge in [0.1, 0.15) is 0 Å². The maximum Gasteiger partial charge on any atom is 0.261 e. The van der Waals surface area contributed by atoms with E-state index in [4.69, 9.17) is 4.74 Å². The van der Waals surface area contributed by atoms with E-state index in [9.17, 15) is 9.59 Å². The van der Waals surface area contributed by atoms with Crippen LogP contribution in [0.3, 0.4) is 0 Å². The van der Waals surface area contributed by atoms with Gasteiger partial charge in [-0.15, -0.1) is 0 Å². The Bertz CT molecular complexity index is 735. The fourth-order valence-electron chi connectivity index (χ4n) is 3.40. The molecule has 136 valence electrons. The van der Waals surface area contributed by atoms with Crippen LogP contribution in [0.2, 0.25) is 0 Å². The van der Waals surface area contributed by atoms with E-state index in [0.29, 0.717) is 17.7 Å². The van der Waals surface area contributed by atoms with Gasteiger partial charge in [-0.3, -0.25) is 14.5 Å². The zero-order chi connectivity index (χ0) is 18.5. The van der Waals surface area contributed by atoms with Gasteiger partial charge >= 0.3 is 0 Å². The lowest BCUT2D eigenvalue weighted by atomic mass is 10.0. The van der Waals surface area contributed by atoms with Gasteiger partial charge in [-0.05, 0) is 50.8 Å². The van der Waals surface area contributed by atoms with Gasteiger partial charge < -0.3 is 4.74 Å². The topological polar surface area (TPSA) is 46.6 Å². The molecular formula is C22H25NO3. The number of benzene rings is 2. The fourth-order valence-corrected chi connectivity index (χ4v) is 3.40. The van der Waals surface area contributed by atoms with Crippen molar-refractivity contribution in [2.75, 3.05) is 6.54 Å². The number of carbonyl (C=O) groups is 2. The summed E-state index contributed by atoms with van der Waals surface area (Å²) < 4.78 is 6.05. The first-order valence-electron chi connectivity index (χ1n) is 9.21. The number of amides is 2. The summed E-state index contributed by atoms with van der Waals surface area (Å²) in [7, 11) is 0. The highest BCUT2D eigenvalue weighted by Crippen LogP contribution is 2.23. The summed E-state index contributed by atoms with van der Waals surface area (Å²) in [6, 6.07) is 17.3. The molecule has 0 aromatic heterocycles. The first-order valence-corrected chi connectivity index (χ1v) is 9.21. The maximum atomic E-state index is 12.4. The molecule has 2 aromatic carbocycles. The molecule has 0 N–H and O–H groups in total. The summed E-state index contributed by atoms with van der Waals surface area (Å²) >= 11 is 0. The summed E-state index contributed by atoms with van der Waals surface area (Å²) in [6.45, 7) is 4.49. The molecule has 0 spiro atoms. The molecule has 1 aliphatic heterocycles. The molecule has 4 nitrogen and oxygen atoms in total. The molecule has 0 aliphatic carbocycles. The van der Waals surface area contributed by atoms with Crippen LogP contribution in [0.1, 0.15) is 53.0 Å². The van der Waals surface area contributed by atoms with Crippen molar-refractivity contribution >= 4 is 11.8 Å². The van der Waals surface area contributed by atoms with Crippen LogP contribution in [0.4, 0.5) is 0 Å². The molecule has 0 bridgehead atoms. The zero-order valence-corrected chi connectivity index (χ0v) is 15.4. The molecule has 1 atom stereocenters. The van der Waals surface area contributed by atoms with E-state index in [0.717, 1.165) is 19.3 Å². The minimum atomic E-state index is -0.185. The third-order valence-electron chi connectivity index (χ3n) is 4.56. The Balaban J connectivity index is 1.58. The summed E-state index contributed by atoms with van der Waals surface area (Å²) in [5.41, 5.74) is 2.26. The Kier molecular flexibility index (Phi) is 5.84. The molecule has 0 radical (unpaired) electrons. The quantitative estimate of drug-likeness (QED) is 0.673. The highest BCUT2D eigenvalue weighted by atomic mass is 16.5. The van der Waals surface area contributed by atoms with Gasteiger partial charge in [0.2, 0.25) is 0 Å². The van der Waals surface area contributed by atoms with Crippen molar-refractivity contribution in [3.8, 4) is 0 Å². The second kappa shape index (κ2) is 8.28. The first-order chi connectivity index (χ1) is 12.6. The van der Waals surface area contributed by atoms with Crippen LogP contribution in [0.15, 0.2) is 54.6 Å². The minimum Gasteiger partial charge on any atom is -0.375 e. The molecule has 2 aromatic rings. The van der Waals surface area contributed by atoms with Crippen LogP contribution in [-0.2, 0) is 11.2 Å².